The maximum atomic E-state index is 12.7. The number of halogens is 3. The van der Waals surface area contributed by atoms with Crippen molar-refractivity contribution in [2.45, 2.75) is 6.18 Å². The number of pyridine rings is 1. The summed E-state index contributed by atoms with van der Waals surface area (Å²) < 4.78 is 38.2. The molecule has 7 nitrogen and oxygen atoms in total. The minimum Gasteiger partial charge on any atom is -0.324 e. The van der Waals surface area contributed by atoms with Crippen LogP contribution in [0.1, 0.15) is 42.3 Å². The third-order valence-corrected chi connectivity index (χ3v) is 3.44. The Bertz CT molecular complexity index is 960. The minimum absolute atomic E-state index is 0.0218. The van der Waals surface area contributed by atoms with E-state index in [0.29, 0.717) is 12.3 Å². The molecule has 0 unspecified atom stereocenters. The number of hydroxylamine groups is 2. The van der Waals surface area contributed by atoms with Crippen LogP contribution in [0.2, 0.25) is 0 Å². The van der Waals surface area contributed by atoms with E-state index in [9.17, 15) is 27.6 Å². The second kappa shape index (κ2) is 5.96. The summed E-state index contributed by atoms with van der Waals surface area (Å²) >= 11 is 0. The van der Waals surface area contributed by atoms with E-state index in [2.05, 4.69) is 4.98 Å². The molecule has 0 aliphatic carbocycles. The maximum Gasteiger partial charge on any atom is 0.434 e. The van der Waals surface area contributed by atoms with E-state index in [4.69, 9.17) is 10.1 Å². The predicted octanol–water partition coefficient (Wildman–Crippen LogP) is 2.34. The molecule has 2 aromatic rings. The number of fused-ring (bicyclic) bond motifs is 1. The van der Waals surface area contributed by atoms with Gasteiger partial charge in [-0.1, -0.05) is 17.2 Å². The van der Waals surface area contributed by atoms with Crippen LogP contribution in [0.4, 0.5) is 13.2 Å². The fraction of sp³-hybridized carbons (Fsp3) is 0.0625. The van der Waals surface area contributed by atoms with Crippen molar-refractivity contribution in [1.29, 1.82) is 5.26 Å². The molecular weight excluding hydrogens is 355 g/mol. The molecule has 0 saturated heterocycles. The van der Waals surface area contributed by atoms with Crippen molar-refractivity contribution in [3.8, 4) is 6.07 Å². The van der Waals surface area contributed by atoms with Gasteiger partial charge in [-0.2, -0.15) is 18.4 Å². The lowest BCUT2D eigenvalue weighted by atomic mass is 10.1. The fourth-order valence-corrected chi connectivity index (χ4v) is 2.27. The molecule has 0 fully saturated rings. The van der Waals surface area contributed by atoms with Gasteiger partial charge in [0.2, 0.25) is 0 Å². The maximum absolute atomic E-state index is 12.7. The van der Waals surface area contributed by atoms with Crippen molar-refractivity contribution in [2.24, 2.45) is 0 Å². The largest absolute Gasteiger partial charge is 0.434 e. The molecule has 2 amide bonds. The molecule has 1 aliphatic rings. The summed E-state index contributed by atoms with van der Waals surface area (Å²) in [6.07, 6.45) is -4.33. The zero-order valence-electron chi connectivity index (χ0n) is 12.6. The van der Waals surface area contributed by atoms with Crippen molar-refractivity contribution in [1.82, 2.24) is 10.0 Å². The van der Waals surface area contributed by atoms with Crippen LogP contribution in [0.25, 0.3) is 0 Å². The summed E-state index contributed by atoms with van der Waals surface area (Å²) in [5.41, 5.74) is -2.83. The van der Waals surface area contributed by atoms with E-state index in [1.54, 1.807) is 0 Å². The Morgan fingerprint density at radius 2 is 1.73 bits per heavy atom. The van der Waals surface area contributed by atoms with Gasteiger partial charge in [0.15, 0.2) is 5.69 Å². The first kappa shape index (κ1) is 17.1. The van der Waals surface area contributed by atoms with E-state index >= 15 is 0 Å². The number of aromatic nitrogens is 1. The highest BCUT2D eigenvalue weighted by Gasteiger charge is 2.39. The molecule has 0 N–H and O–H groups in total. The Morgan fingerprint density at radius 3 is 2.23 bits per heavy atom. The normalized spacial score (nSPS) is 13.4. The van der Waals surface area contributed by atoms with Crippen molar-refractivity contribution in [3.63, 3.8) is 0 Å². The van der Waals surface area contributed by atoms with E-state index < -0.39 is 40.8 Å². The number of amides is 2. The van der Waals surface area contributed by atoms with Gasteiger partial charge in [-0.25, -0.2) is 9.78 Å². The molecule has 0 saturated carbocycles. The van der Waals surface area contributed by atoms with Crippen molar-refractivity contribution in [3.05, 3.63) is 64.5 Å². The lowest BCUT2D eigenvalue weighted by Gasteiger charge is -2.13. The van der Waals surface area contributed by atoms with Crippen LogP contribution >= 0.6 is 0 Å². The second-order valence-corrected chi connectivity index (χ2v) is 5.06. The summed E-state index contributed by atoms with van der Waals surface area (Å²) in [5.74, 6) is -3.09. The summed E-state index contributed by atoms with van der Waals surface area (Å²) in [5, 5.41) is 9.02. The van der Waals surface area contributed by atoms with Crippen molar-refractivity contribution >= 4 is 17.8 Å². The topological polar surface area (TPSA) is 100 Å². The molecule has 0 radical (unpaired) electrons. The SMILES string of the molecule is N#Cc1cc(C(=O)ON2C(=O)c3ccccc3C2=O)cnc1C(F)(F)F. The molecule has 130 valence electrons. The zero-order chi connectivity index (χ0) is 19.1. The van der Waals surface area contributed by atoms with Crippen LogP contribution in [-0.2, 0) is 11.0 Å². The van der Waals surface area contributed by atoms with Crippen LogP contribution in [0.5, 0.6) is 0 Å². The standard InChI is InChI=1S/C16H6F3N3O4/c17-16(18,19)12-8(6-20)5-9(7-21-12)15(25)26-22-13(23)10-3-1-2-4-11(10)14(22)24/h1-5,7H. The molecule has 10 heteroatoms. The number of imide groups is 1. The van der Waals surface area contributed by atoms with Gasteiger partial charge in [-0.15, -0.1) is 0 Å². The molecule has 26 heavy (non-hydrogen) atoms. The fourth-order valence-electron chi connectivity index (χ4n) is 2.27. The third-order valence-electron chi connectivity index (χ3n) is 3.44. The first-order chi connectivity index (χ1) is 12.2. The van der Waals surface area contributed by atoms with Crippen LogP contribution in [-0.4, -0.2) is 27.8 Å². The second-order valence-electron chi connectivity index (χ2n) is 5.06. The average molecular weight is 361 g/mol. The van der Waals surface area contributed by atoms with E-state index in [0.717, 1.165) is 0 Å². The molecule has 1 aliphatic heterocycles. The zero-order valence-corrected chi connectivity index (χ0v) is 12.6. The first-order valence-electron chi connectivity index (χ1n) is 6.91. The van der Waals surface area contributed by atoms with E-state index in [1.165, 1.54) is 30.3 Å². The highest BCUT2D eigenvalue weighted by Crippen LogP contribution is 2.30. The smallest absolute Gasteiger partial charge is 0.324 e. The van der Waals surface area contributed by atoms with Crippen LogP contribution in [0, 0.1) is 11.3 Å². The first-order valence-corrected chi connectivity index (χ1v) is 6.91. The Labute approximate surface area is 143 Å². The molecule has 1 aromatic heterocycles. The molecule has 3 rings (SSSR count). The number of nitrogens with zero attached hydrogens (tertiary/aromatic N) is 3. The van der Waals surface area contributed by atoms with Gasteiger partial charge in [0.1, 0.15) is 6.07 Å². The van der Waals surface area contributed by atoms with Gasteiger partial charge >= 0.3 is 12.1 Å². The van der Waals surface area contributed by atoms with Crippen LogP contribution in [0.3, 0.4) is 0 Å². The number of rotatable bonds is 2. The monoisotopic (exact) mass is 361 g/mol. The number of carbonyl (C=O) groups excluding carboxylic acids is 3. The molecule has 2 heterocycles. The number of carbonyl (C=O) groups is 3. The van der Waals surface area contributed by atoms with Gasteiger partial charge in [0, 0.05) is 6.20 Å². The van der Waals surface area contributed by atoms with Gasteiger partial charge < -0.3 is 4.84 Å². The Hall–Kier alpha value is -3.74. The average Bonchev–Trinajstić information content (AvgIpc) is 2.85. The number of hydrogen-bond acceptors (Lipinski definition) is 6. The third kappa shape index (κ3) is 2.75. The highest BCUT2D eigenvalue weighted by atomic mass is 19.4. The Morgan fingerprint density at radius 1 is 1.15 bits per heavy atom. The number of hydrogen-bond donors (Lipinski definition) is 0. The summed E-state index contributed by atoms with van der Waals surface area (Å²) in [6.45, 7) is 0. The quantitative estimate of drug-likeness (QED) is 0.761. The van der Waals surface area contributed by atoms with Crippen molar-refractivity contribution in [2.75, 3.05) is 0 Å². The molecular formula is C16H6F3N3O4. The molecule has 1 aromatic carbocycles. The van der Waals surface area contributed by atoms with E-state index in [-0.39, 0.29) is 16.2 Å². The molecule has 0 atom stereocenters. The summed E-state index contributed by atoms with van der Waals surface area (Å²) in [6, 6.07) is 7.64. The lowest BCUT2D eigenvalue weighted by Crippen LogP contribution is -2.32. The van der Waals surface area contributed by atoms with E-state index in [1.807, 2.05) is 0 Å². The van der Waals surface area contributed by atoms with Crippen molar-refractivity contribution < 1.29 is 32.4 Å². The van der Waals surface area contributed by atoms with Gasteiger partial charge in [0.05, 0.1) is 22.3 Å². The van der Waals surface area contributed by atoms with Crippen LogP contribution < -0.4 is 0 Å². The molecule has 0 spiro atoms. The lowest BCUT2D eigenvalue weighted by molar-refractivity contribution is -0.141. The Kier molecular flexibility index (Phi) is 3.92. The highest BCUT2D eigenvalue weighted by molar-refractivity contribution is 6.21. The van der Waals surface area contributed by atoms with Gasteiger partial charge in [-0.05, 0) is 18.2 Å². The predicted molar refractivity (Wildman–Crippen MR) is 76.3 cm³/mol. The molecule has 0 bridgehead atoms. The van der Waals surface area contributed by atoms with Crippen LogP contribution in [0.15, 0.2) is 36.5 Å². The summed E-state index contributed by atoms with van der Waals surface area (Å²) in [4.78, 5) is 44.0. The number of nitriles is 1. The van der Waals surface area contributed by atoms with Gasteiger partial charge in [0.25, 0.3) is 11.8 Å². The Balaban J connectivity index is 1.87. The summed E-state index contributed by atoms with van der Waals surface area (Å²) in [7, 11) is 0. The number of alkyl halides is 3. The van der Waals surface area contributed by atoms with Gasteiger partial charge in [-0.3, -0.25) is 9.59 Å². The minimum atomic E-state index is -4.88. The number of benzene rings is 1.